The van der Waals surface area contributed by atoms with Gasteiger partial charge in [-0.25, -0.2) is 0 Å². The Labute approximate surface area is 91.1 Å². The van der Waals surface area contributed by atoms with Gasteiger partial charge in [0.15, 0.2) is 0 Å². The van der Waals surface area contributed by atoms with E-state index in [0.29, 0.717) is 0 Å². The average Bonchev–Trinajstić information content (AvgIpc) is 2.21. The van der Waals surface area contributed by atoms with Crippen LogP contribution in [0.4, 0.5) is 0 Å². The first-order chi connectivity index (χ1) is 6.97. The van der Waals surface area contributed by atoms with Crippen molar-refractivity contribution < 1.29 is 18.1 Å². The van der Waals surface area contributed by atoms with Gasteiger partial charge in [0.1, 0.15) is 0 Å². The number of nitrogens with one attached hydrogen (secondary N) is 2. The van der Waals surface area contributed by atoms with E-state index >= 15 is 0 Å². The van der Waals surface area contributed by atoms with Crippen molar-refractivity contribution in [2.45, 2.75) is 6.92 Å². The van der Waals surface area contributed by atoms with Crippen LogP contribution in [0.1, 0.15) is 6.92 Å². The Kier molecular flexibility index (Phi) is 12.8. The summed E-state index contributed by atoms with van der Waals surface area (Å²) in [6, 6.07) is 0. The second kappa shape index (κ2) is 11.4. The zero-order valence-electron chi connectivity index (χ0n) is 8.94. The van der Waals surface area contributed by atoms with Crippen LogP contribution < -0.4 is 10.6 Å². The third kappa shape index (κ3) is 24.7. The maximum atomic E-state index is 9.56. The van der Waals surface area contributed by atoms with E-state index in [-0.39, 0.29) is 5.75 Å². The highest BCUT2D eigenvalue weighted by atomic mass is 32.2. The molecule has 1 heterocycles. The molecule has 0 aromatic heterocycles. The maximum Gasteiger partial charge on any atom is 0.264 e. The molecule has 7 heteroatoms. The van der Waals surface area contributed by atoms with Gasteiger partial charge in [0.2, 0.25) is 0 Å². The number of rotatable bonds is 1. The zero-order valence-corrected chi connectivity index (χ0v) is 9.76. The van der Waals surface area contributed by atoms with Crippen molar-refractivity contribution in [2.75, 3.05) is 31.9 Å². The van der Waals surface area contributed by atoms with Crippen LogP contribution in [0, 0.1) is 0 Å². The minimum Gasteiger partial charge on any atom is -0.516 e. The highest BCUT2D eigenvalue weighted by Gasteiger charge is 1.93. The number of hydrogen-bond donors (Lipinski definition) is 4. The lowest BCUT2D eigenvalue weighted by Gasteiger charge is -2.11. The first-order valence-electron chi connectivity index (χ1n) is 4.59. The molecule has 0 amide bonds. The second-order valence-electron chi connectivity index (χ2n) is 2.55. The Morgan fingerprint density at radius 1 is 1.27 bits per heavy atom. The molecule has 6 nitrogen and oxygen atoms in total. The molecule has 0 radical (unpaired) electrons. The number of hydrogen-bond acceptors (Lipinski definition) is 5. The van der Waals surface area contributed by atoms with Crippen LogP contribution in [0.2, 0.25) is 0 Å². The third-order valence-corrected chi connectivity index (χ3v) is 2.05. The molecule has 0 atom stereocenters. The van der Waals surface area contributed by atoms with Crippen LogP contribution in [0.3, 0.4) is 0 Å². The van der Waals surface area contributed by atoms with Gasteiger partial charge in [-0.2, -0.15) is 8.42 Å². The van der Waals surface area contributed by atoms with Crippen molar-refractivity contribution in [1.82, 2.24) is 10.6 Å². The van der Waals surface area contributed by atoms with Gasteiger partial charge in [0.05, 0.1) is 12.0 Å². The Balaban J connectivity index is 0. The van der Waals surface area contributed by atoms with E-state index < -0.39 is 10.1 Å². The third-order valence-electron chi connectivity index (χ3n) is 1.32. The van der Waals surface area contributed by atoms with Gasteiger partial charge in [0, 0.05) is 26.2 Å². The molecule has 92 valence electrons. The highest BCUT2D eigenvalue weighted by molar-refractivity contribution is 7.85. The van der Waals surface area contributed by atoms with Gasteiger partial charge >= 0.3 is 0 Å². The van der Waals surface area contributed by atoms with Crippen LogP contribution in [0.5, 0.6) is 0 Å². The lowest BCUT2D eigenvalue weighted by Crippen LogP contribution is -2.39. The predicted octanol–water partition coefficient (Wildman–Crippen LogP) is -0.239. The standard InChI is InChI=1S/C4H10N2.C2H6O3S.C2H4O/c1-2-6-4-3-5-1;1-2-6(3,4)5;1-2-3/h5-6H,1-4H2;2H2,1H3,(H,3,4,5);2-3H,1H2. The lowest BCUT2D eigenvalue weighted by atomic mass is 10.4. The molecule has 1 saturated heterocycles. The van der Waals surface area contributed by atoms with E-state index in [2.05, 4.69) is 17.2 Å². The Morgan fingerprint density at radius 3 is 1.53 bits per heavy atom. The van der Waals surface area contributed by atoms with Gasteiger partial charge in [0.25, 0.3) is 10.1 Å². The smallest absolute Gasteiger partial charge is 0.264 e. The summed E-state index contributed by atoms with van der Waals surface area (Å²) < 4.78 is 26.9. The quantitative estimate of drug-likeness (QED) is 0.373. The predicted molar refractivity (Wildman–Crippen MR) is 60.7 cm³/mol. The van der Waals surface area contributed by atoms with Crippen LogP contribution in [0.15, 0.2) is 12.8 Å². The fourth-order valence-electron chi connectivity index (χ4n) is 0.604. The van der Waals surface area contributed by atoms with Gasteiger partial charge in [-0.15, -0.1) is 0 Å². The highest BCUT2D eigenvalue weighted by Crippen LogP contribution is 1.74. The van der Waals surface area contributed by atoms with E-state index in [0.717, 1.165) is 32.4 Å². The molecule has 0 unspecified atom stereocenters. The van der Waals surface area contributed by atoms with Crippen LogP contribution in [0.25, 0.3) is 0 Å². The summed E-state index contributed by atoms with van der Waals surface area (Å²) in [5.41, 5.74) is 0. The molecule has 4 N–H and O–H groups in total. The number of piperazine rings is 1. The summed E-state index contributed by atoms with van der Waals surface area (Å²) in [5.74, 6) is -0.201. The molecule has 1 aliphatic heterocycles. The largest absolute Gasteiger partial charge is 0.516 e. The van der Waals surface area contributed by atoms with E-state index in [4.69, 9.17) is 9.66 Å². The molecular formula is C8H20N2O4S. The number of aliphatic hydroxyl groups is 1. The van der Waals surface area contributed by atoms with Crippen molar-refractivity contribution in [3.63, 3.8) is 0 Å². The topological polar surface area (TPSA) is 98.7 Å². The minimum absolute atomic E-state index is 0.201. The lowest BCUT2D eigenvalue weighted by molar-refractivity contribution is 0.476. The SMILES string of the molecule is C1CNCCN1.C=CO.CCS(=O)(=O)O. The molecule has 0 aromatic rings. The summed E-state index contributed by atoms with van der Waals surface area (Å²) in [5, 5.41) is 13.8. The minimum atomic E-state index is -3.66. The van der Waals surface area contributed by atoms with Gasteiger partial charge < -0.3 is 15.7 Å². The molecule has 0 saturated carbocycles. The molecule has 1 aliphatic rings. The molecular weight excluding hydrogens is 220 g/mol. The van der Waals surface area contributed by atoms with Crippen molar-refractivity contribution >= 4 is 10.1 Å². The van der Waals surface area contributed by atoms with Crippen molar-refractivity contribution in [3.8, 4) is 0 Å². The van der Waals surface area contributed by atoms with Gasteiger partial charge in [-0.05, 0) is 6.92 Å². The van der Waals surface area contributed by atoms with Crippen LogP contribution >= 0.6 is 0 Å². The first kappa shape index (κ1) is 16.8. The second-order valence-corrected chi connectivity index (χ2v) is 4.29. The summed E-state index contributed by atoms with van der Waals surface area (Å²) in [6.45, 7) is 8.84. The van der Waals surface area contributed by atoms with Crippen LogP contribution in [-0.4, -0.2) is 50.0 Å². The maximum absolute atomic E-state index is 9.56. The number of aliphatic hydroxyl groups excluding tert-OH is 1. The molecule has 15 heavy (non-hydrogen) atoms. The van der Waals surface area contributed by atoms with E-state index in [9.17, 15) is 8.42 Å². The molecule has 0 bridgehead atoms. The summed E-state index contributed by atoms with van der Waals surface area (Å²) >= 11 is 0. The van der Waals surface area contributed by atoms with E-state index in [1.165, 1.54) is 6.92 Å². The molecule has 1 fully saturated rings. The molecule has 0 aromatic carbocycles. The monoisotopic (exact) mass is 240 g/mol. The summed E-state index contributed by atoms with van der Waals surface area (Å²) in [6.07, 6.45) is 0.750. The molecule has 0 spiro atoms. The summed E-state index contributed by atoms with van der Waals surface area (Å²) in [7, 11) is -3.66. The van der Waals surface area contributed by atoms with Crippen LogP contribution in [-0.2, 0) is 10.1 Å². The Morgan fingerprint density at radius 2 is 1.47 bits per heavy atom. The molecule has 1 rings (SSSR count). The van der Waals surface area contributed by atoms with Gasteiger partial charge in [-0.1, -0.05) is 6.58 Å². The summed E-state index contributed by atoms with van der Waals surface area (Å²) in [4.78, 5) is 0. The van der Waals surface area contributed by atoms with Gasteiger partial charge in [-0.3, -0.25) is 4.55 Å². The van der Waals surface area contributed by atoms with Crippen molar-refractivity contribution in [2.24, 2.45) is 0 Å². The Bertz CT molecular complexity index is 213. The van der Waals surface area contributed by atoms with E-state index in [1.807, 2.05) is 0 Å². The average molecular weight is 240 g/mol. The normalized spacial score (nSPS) is 15.1. The van der Waals surface area contributed by atoms with Crippen molar-refractivity contribution in [1.29, 1.82) is 0 Å². The fourth-order valence-corrected chi connectivity index (χ4v) is 0.604. The van der Waals surface area contributed by atoms with E-state index in [1.54, 1.807) is 0 Å². The zero-order chi connectivity index (χ0) is 12.2. The molecule has 0 aliphatic carbocycles. The Hall–Kier alpha value is -0.630. The van der Waals surface area contributed by atoms with Crippen molar-refractivity contribution in [3.05, 3.63) is 12.8 Å². The first-order valence-corrected chi connectivity index (χ1v) is 6.20. The fraction of sp³-hybridized carbons (Fsp3) is 0.750.